The molecular formula is C25H25N3O6. The lowest BCUT2D eigenvalue weighted by atomic mass is 10.1. The third-order valence-corrected chi connectivity index (χ3v) is 5.46. The number of aromatic nitrogens is 1. The Hall–Kier alpha value is -4.27. The fraction of sp³-hybridized carbons (Fsp3) is 0.240. The minimum absolute atomic E-state index is 0.238. The summed E-state index contributed by atoms with van der Waals surface area (Å²) in [5.41, 5.74) is 3.78. The molecule has 0 radical (unpaired) electrons. The van der Waals surface area contributed by atoms with E-state index in [9.17, 15) is 14.4 Å². The number of methoxy groups -OCH3 is 1. The predicted molar refractivity (Wildman–Crippen MR) is 125 cm³/mol. The van der Waals surface area contributed by atoms with Gasteiger partial charge in [0.15, 0.2) is 11.5 Å². The molecule has 34 heavy (non-hydrogen) atoms. The zero-order valence-corrected chi connectivity index (χ0v) is 19.1. The number of rotatable bonds is 6. The van der Waals surface area contributed by atoms with E-state index in [4.69, 9.17) is 9.47 Å². The molecule has 1 aromatic heterocycles. The fourth-order valence-corrected chi connectivity index (χ4v) is 3.82. The van der Waals surface area contributed by atoms with Gasteiger partial charge in [0.2, 0.25) is 0 Å². The van der Waals surface area contributed by atoms with Gasteiger partial charge in [-0.15, -0.1) is 0 Å². The summed E-state index contributed by atoms with van der Waals surface area (Å²) in [6, 6.07) is 14.0. The topological polar surface area (TPSA) is 108 Å². The molecule has 0 saturated heterocycles. The van der Waals surface area contributed by atoms with E-state index in [0.29, 0.717) is 41.5 Å². The van der Waals surface area contributed by atoms with Crippen LogP contribution >= 0.6 is 0 Å². The van der Waals surface area contributed by atoms with Crippen molar-refractivity contribution in [3.8, 4) is 17.2 Å². The Bertz CT molecular complexity index is 1260. The number of amides is 2. The summed E-state index contributed by atoms with van der Waals surface area (Å²) in [7, 11) is 1.25. The molecule has 0 aliphatic carbocycles. The molecule has 0 unspecified atom stereocenters. The number of ether oxygens (including phenoxy) is 3. The zero-order chi connectivity index (χ0) is 24.2. The highest BCUT2D eigenvalue weighted by atomic mass is 16.6. The van der Waals surface area contributed by atoms with Crippen LogP contribution in [-0.4, -0.2) is 49.2 Å². The monoisotopic (exact) mass is 463 g/mol. The number of aryl methyl sites for hydroxylation is 1. The average molecular weight is 463 g/mol. The van der Waals surface area contributed by atoms with Crippen LogP contribution in [0.15, 0.2) is 48.5 Å². The number of anilines is 1. The van der Waals surface area contributed by atoms with E-state index >= 15 is 0 Å². The van der Waals surface area contributed by atoms with Crippen LogP contribution in [0.2, 0.25) is 0 Å². The highest BCUT2D eigenvalue weighted by molar-refractivity contribution is 6.06. The Labute approximate surface area is 196 Å². The van der Waals surface area contributed by atoms with Crippen molar-refractivity contribution >= 4 is 23.5 Å². The first-order valence-corrected chi connectivity index (χ1v) is 10.7. The Kier molecular flexibility index (Phi) is 6.53. The van der Waals surface area contributed by atoms with Crippen molar-refractivity contribution in [3.63, 3.8) is 0 Å². The van der Waals surface area contributed by atoms with Crippen molar-refractivity contribution < 1.29 is 28.6 Å². The van der Waals surface area contributed by atoms with Gasteiger partial charge in [0, 0.05) is 34.4 Å². The second kappa shape index (κ2) is 9.70. The number of fused-ring (bicyclic) bond motifs is 1. The molecular weight excluding hydrogens is 438 g/mol. The first kappa shape index (κ1) is 22.9. The van der Waals surface area contributed by atoms with E-state index in [1.165, 1.54) is 7.11 Å². The van der Waals surface area contributed by atoms with Gasteiger partial charge in [-0.05, 0) is 50.2 Å². The van der Waals surface area contributed by atoms with Crippen LogP contribution in [0.4, 0.5) is 5.69 Å². The number of carbonyl (C=O) groups excluding carboxylic acids is 3. The molecule has 2 N–H and O–H groups in total. The number of hydrogen-bond acceptors (Lipinski definition) is 6. The molecule has 4 rings (SSSR count). The Balaban J connectivity index is 1.53. The number of benzene rings is 2. The molecule has 0 spiro atoms. The van der Waals surface area contributed by atoms with Crippen molar-refractivity contribution in [2.45, 2.75) is 13.8 Å². The third-order valence-electron chi connectivity index (χ3n) is 5.46. The Morgan fingerprint density at radius 1 is 0.971 bits per heavy atom. The van der Waals surface area contributed by atoms with Crippen LogP contribution < -0.4 is 20.1 Å². The van der Waals surface area contributed by atoms with Crippen LogP contribution in [0.25, 0.3) is 5.69 Å². The Morgan fingerprint density at radius 3 is 2.50 bits per heavy atom. The molecule has 2 amide bonds. The molecule has 9 heteroatoms. The number of hydrogen-bond donors (Lipinski definition) is 2. The maximum absolute atomic E-state index is 13.1. The molecule has 0 atom stereocenters. The van der Waals surface area contributed by atoms with Crippen LogP contribution in [0.5, 0.6) is 11.5 Å². The summed E-state index contributed by atoms with van der Waals surface area (Å²) < 4.78 is 17.8. The molecule has 176 valence electrons. The van der Waals surface area contributed by atoms with Gasteiger partial charge in [-0.3, -0.25) is 14.4 Å². The van der Waals surface area contributed by atoms with Gasteiger partial charge in [-0.25, -0.2) is 0 Å². The quantitative estimate of drug-likeness (QED) is 0.544. The van der Waals surface area contributed by atoms with E-state index < -0.39 is 11.9 Å². The summed E-state index contributed by atoms with van der Waals surface area (Å²) >= 11 is 0. The largest absolute Gasteiger partial charge is 0.486 e. The van der Waals surface area contributed by atoms with Crippen LogP contribution in [0, 0.1) is 13.8 Å². The van der Waals surface area contributed by atoms with E-state index in [-0.39, 0.29) is 12.5 Å². The molecule has 0 saturated carbocycles. The number of esters is 1. The van der Waals surface area contributed by atoms with Gasteiger partial charge in [0.1, 0.15) is 19.8 Å². The third kappa shape index (κ3) is 4.73. The van der Waals surface area contributed by atoms with Crippen LogP contribution in [0.3, 0.4) is 0 Å². The average Bonchev–Trinajstić information content (AvgIpc) is 3.15. The van der Waals surface area contributed by atoms with Crippen molar-refractivity contribution in [1.29, 1.82) is 0 Å². The van der Waals surface area contributed by atoms with Gasteiger partial charge in [0.05, 0.1) is 12.7 Å². The highest BCUT2D eigenvalue weighted by Gasteiger charge is 2.19. The van der Waals surface area contributed by atoms with Crippen LogP contribution in [0.1, 0.15) is 32.1 Å². The second-order valence-electron chi connectivity index (χ2n) is 7.74. The second-order valence-corrected chi connectivity index (χ2v) is 7.74. The lowest BCUT2D eigenvalue weighted by Gasteiger charge is -2.20. The summed E-state index contributed by atoms with van der Waals surface area (Å²) in [5.74, 6) is 0.0731. The lowest BCUT2D eigenvalue weighted by molar-refractivity contribution is -0.139. The van der Waals surface area contributed by atoms with Crippen molar-refractivity contribution in [2.75, 3.05) is 32.2 Å². The number of nitrogens with one attached hydrogen (secondary N) is 2. The first-order valence-electron chi connectivity index (χ1n) is 10.7. The molecule has 1 aliphatic heterocycles. The van der Waals surface area contributed by atoms with Gasteiger partial charge >= 0.3 is 5.97 Å². The highest BCUT2D eigenvalue weighted by Crippen LogP contribution is 2.33. The SMILES string of the molecule is COC(=O)CNC(=O)c1cccc(NC(=O)c2cc(C)n(-c3ccc4c(c3)OCCO4)c2C)c1. The fourth-order valence-electron chi connectivity index (χ4n) is 3.82. The van der Waals surface area contributed by atoms with E-state index in [2.05, 4.69) is 15.4 Å². The van der Waals surface area contributed by atoms with E-state index in [1.807, 2.05) is 42.7 Å². The standard InChI is InChI=1S/C25H25N3O6/c1-15-11-20(16(2)28(15)19-7-8-21-22(13-19)34-10-9-33-21)25(31)27-18-6-4-5-17(12-18)24(30)26-14-23(29)32-3/h4-8,11-13H,9-10,14H2,1-3H3,(H,26,30)(H,27,31). The molecule has 2 aromatic carbocycles. The van der Waals surface area contributed by atoms with Gasteiger partial charge in [-0.2, -0.15) is 0 Å². The van der Waals surface area contributed by atoms with E-state index in [0.717, 1.165) is 17.1 Å². The molecule has 3 aromatic rings. The van der Waals surface area contributed by atoms with Crippen molar-refractivity contribution in [1.82, 2.24) is 9.88 Å². The predicted octanol–water partition coefficient (Wildman–Crippen LogP) is 3.02. The normalized spacial score (nSPS) is 12.1. The van der Waals surface area contributed by atoms with Crippen LogP contribution in [-0.2, 0) is 9.53 Å². The minimum Gasteiger partial charge on any atom is -0.486 e. The van der Waals surface area contributed by atoms with Gasteiger partial charge in [-0.1, -0.05) is 6.07 Å². The zero-order valence-electron chi connectivity index (χ0n) is 19.1. The molecule has 0 bridgehead atoms. The molecule has 1 aliphatic rings. The van der Waals surface area contributed by atoms with Crippen molar-refractivity contribution in [3.05, 3.63) is 71.0 Å². The van der Waals surface area contributed by atoms with E-state index in [1.54, 1.807) is 24.3 Å². The Morgan fingerprint density at radius 2 is 1.74 bits per heavy atom. The maximum atomic E-state index is 13.1. The lowest BCUT2D eigenvalue weighted by Crippen LogP contribution is -2.30. The van der Waals surface area contributed by atoms with Gasteiger partial charge in [0.25, 0.3) is 11.8 Å². The van der Waals surface area contributed by atoms with Gasteiger partial charge < -0.3 is 29.4 Å². The van der Waals surface area contributed by atoms with Crippen molar-refractivity contribution in [2.24, 2.45) is 0 Å². The summed E-state index contributed by atoms with van der Waals surface area (Å²) in [5, 5.41) is 5.32. The molecule has 0 fully saturated rings. The first-order chi connectivity index (χ1) is 16.4. The minimum atomic E-state index is -0.550. The summed E-state index contributed by atoms with van der Waals surface area (Å²) in [6.07, 6.45) is 0. The molecule has 9 nitrogen and oxygen atoms in total. The smallest absolute Gasteiger partial charge is 0.325 e. The number of nitrogens with zero attached hydrogens (tertiary/aromatic N) is 1. The summed E-state index contributed by atoms with van der Waals surface area (Å²) in [6.45, 7) is 4.57. The number of carbonyl (C=O) groups is 3. The summed E-state index contributed by atoms with van der Waals surface area (Å²) in [4.78, 5) is 36.6. The maximum Gasteiger partial charge on any atom is 0.325 e. The molecule has 2 heterocycles.